The minimum absolute atomic E-state index is 0.598. The number of primary amides is 1. The number of nitrogens with two attached hydrogens (primary N) is 1. The fourth-order valence-electron chi connectivity index (χ4n) is 1.12. The van der Waals surface area contributed by atoms with Gasteiger partial charge in [-0.1, -0.05) is 12.1 Å². The molecule has 92 valence electrons. The summed E-state index contributed by atoms with van der Waals surface area (Å²) in [5, 5.41) is 1.59. The van der Waals surface area contributed by atoms with Gasteiger partial charge in [0.2, 0.25) is 5.91 Å². The van der Waals surface area contributed by atoms with E-state index in [1.807, 2.05) is 0 Å². The summed E-state index contributed by atoms with van der Waals surface area (Å²) in [7, 11) is -4.13. The third kappa shape index (κ3) is 3.52. The lowest BCUT2D eigenvalue weighted by Gasteiger charge is -2.04. The van der Waals surface area contributed by atoms with Gasteiger partial charge in [0.05, 0.1) is 0 Å². The van der Waals surface area contributed by atoms with Gasteiger partial charge in [0.25, 0.3) is 0 Å². The van der Waals surface area contributed by atoms with Gasteiger partial charge in [0, 0.05) is 0 Å². The summed E-state index contributed by atoms with van der Waals surface area (Å²) in [5.41, 5.74) is 4.64. The number of halogens is 1. The molecular weight excluding hydrogens is 251 g/mol. The van der Waals surface area contributed by atoms with Gasteiger partial charge in [-0.3, -0.25) is 10.1 Å². The standard InChI is InChI=1S/C9H9FN2O4S/c10-6-3-1-2-4-7(6)17(15,16)5-8(13)12-9(11)14/h1-4H,5H2,(H3,11,12,13,14). The molecule has 8 heteroatoms. The number of rotatable bonds is 3. The average Bonchev–Trinajstić information content (AvgIpc) is 2.15. The van der Waals surface area contributed by atoms with Crippen LogP contribution in [-0.4, -0.2) is 26.1 Å². The van der Waals surface area contributed by atoms with Crippen LogP contribution in [0, 0.1) is 5.82 Å². The number of amides is 3. The summed E-state index contributed by atoms with van der Waals surface area (Å²) < 4.78 is 36.4. The predicted molar refractivity (Wildman–Crippen MR) is 56.2 cm³/mol. The Labute approximate surface area is 96.5 Å². The maximum Gasteiger partial charge on any atom is 0.318 e. The lowest BCUT2D eigenvalue weighted by molar-refractivity contribution is -0.117. The Kier molecular flexibility index (Phi) is 3.79. The number of nitrogens with one attached hydrogen (secondary N) is 1. The second-order valence-electron chi connectivity index (χ2n) is 3.10. The molecule has 6 nitrogen and oxygen atoms in total. The predicted octanol–water partition coefficient (Wildman–Crippen LogP) is -0.206. The van der Waals surface area contributed by atoms with Crippen molar-refractivity contribution in [2.75, 3.05) is 5.75 Å². The van der Waals surface area contributed by atoms with Gasteiger partial charge in [-0.2, -0.15) is 0 Å². The molecule has 17 heavy (non-hydrogen) atoms. The molecule has 3 amide bonds. The first-order valence-electron chi connectivity index (χ1n) is 4.39. The summed E-state index contributed by atoms with van der Waals surface area (Å²) in [6.07, 6.45) is 0. The van der Waals surface area contributed by atoms with Crippen molar-refractivity contribution in [3.8, 4) is 0 Å². The van der Waals surface area contributed by atoms with E-state index in [-0.39, 0.29) is 0 Å². The third-order valence-corrected chi connectivity index (χ3v) is 3.40. The van der Waals surface area contributed by atoms with Crippen molar-refractivity contribution in [1.82, 2.24) is 5.32 Å². The molecule has 1 rings (SSSR count). The highest BCUT2D eigenvalue weighted by molar-refractivity contribution is 7.92. The van der Waals surface area contributed by atoms with E-state index in [0.29, 0.717) is 0 Å². The number of urea groups is 1. The zero-order chi connectivity index (χ0) is 13.1. The summed E-state index contributed by atoms with van der Waals surface area (Å²) in [6, 6.07) is 3.46. The molecule has 0 spiro atoms. The van der Waals surface area contributed by atoms with E-state index in [2.05, 4.69) is 5.73 Å². The molecule has 0 heterocycles. The van der Waals surface area contributed by atoms with Crippen LogP contribution in [0.25, 0.3) is 0 Å². The van der Waals surface area contributed by atoms with Crippen LogP contribution in [0.4, 0.5) is 9.18 Å². The molecule has 0 radical (unpaired) electrons. The summed E-state index contributed by atoms with van der Waals surface area (Å²) >= 11 is 0. The zero-order valence-corrected chi connectivity index (χ0v) is 9.33. The third-order valence-electron chi connectivity index (χ3n) is 1.76. The van der Waals surface area contributed by atoms with Crippen molar-refractivity contribution in [3.05, 3.63) is 30.1 Å². The molecule has 0 aliphatic rings. The molecule has 3 N–H and O–H groups in total. The Hall–Kier alpha value is -1.96. The van der Waals surface area contributed by atoms with Crippen molar-refractivity contribution in [2.24, 2.45) is 5.73 Å². The van der Waals surface area contributed by atoms with E-state index >= 15 is 0 Å². The second kappa shape index (κ2) is 4.91. The molecule has 0 aliphatic heterocycles. The van der Waals surface area contributed by atoms with Gasteiger partial charge >= 0.3 is 6.03 Å². The molecule has 0 unspecified atom stereocenters. The maximum atomic E-state index is 13.2. The van der Waals surface area contributed by atoms with Crippen LogP contribution in [0.2, 0.25) is 0 Å². The molecule has 0 fully saturated rings. The second-order valence-corrected chi connectivity index (χ2v) is 5.06. The SMILES string of the molecule is NC(=O)NC(=O)CS(=O)(=O)c1ccccc1F. The average molecular weight is 260 g/mol. The van der Waals surface area contributed by atoms with E-state index in [9.17, 15) is 22.4 Å². The Balaban J connectivity index is 2.94. The van der Waals surface area contributed by atoms with Crippen molar-refractivity contribution < 1.29 is 22.4 Å². The van der Waals surface area contributed by atoms with Crippen LogP contribution in [-0.2, 0) is 14.6 Å². The molecule has 0 bridgehead atoms. The molecule has 0 saturated carbocycles. The lowest BCUT2D eigenvalue weighted by atomic mass is 10.3. The first kappa shape index (κ1) is 13.1. The largest absolute Gasteiger partial charge is 0.351 e. The minimum Gasteiger partial charge on any atom is -0.351 e. The fraction of sp³-hybridized carbons (Fsp3) is 0.111. The van der Waals surface area contributed by atoms with Crippen molar-refractivity contribution in [2.45, 2.75) is 4.90 Å². The monoisotopic (exact) mass is 260 g/mol. The minimum atomic E-state index is -4.13. The molecule has 0 saturated heterocycles. The lowest BCUT2D eigenvalue weighted by Crippen LogP contribution is -2.38. The molecular formula is C9H9FN2O4S. The van der Waals surface area contributed by atoms with Crippen molar-refractivity contribution in [1.29, 1.82) is 0 Å². The fourth-order valence-corrected chi connectivity index (χ4v) is 2.34. The molecule has 1 aromatic carbocycles. The zero-order valence-electron chi connectivity index (χ0n) is 8.51. The topological polar surface area (TPSA) is 106 Å². The first-order chi connectivity index (χ1) is 7.83. The van der Waals surface area contributed by atoms with Crippen molar-refractivity contribution in [3.63, 3.8) is 0 Å². The normalized spacial score (nSPS) is 10.9. The summed E-state index contributed by atoms with van der Waals surface area (Å²) in [6.45, 7) is 0. The van der Waals surface area contributed by atoms with Crippen LogP contribution in [0.5, 0.6) is 0 Å². The highest BCUT2D eigenvalue weighted by Crippen LogP contribution is 2.14. The highest BCUT2D eigenvalue weighted by atomic mass is 32.2. The van der Waals surface area contributed by atoms with Crippen LogP contribution >= 0.6 is 0 Å². The van der Waals surface area contributed by atoms with Gasteiger partial charge in [-0.05, 0) is 12.1 Å². The van der Waals surface area contributed by atoms with Crippen LogP contribution < -0.4 is 11.1 Å². The van der Waals surface area contributed by atoms with Gasteiger partial charge in [0.1, 0.15) is 16.5 Å². The van der Waals surface area contributed by atoms with E-state index in [1.165, 1.54) is 12.1 Å². The van der Waals surface area contributed by atoms with Gasteiger partial charge in [-0.25, -0.2) is 17.6 Å². The smallest absolute Gasteiger partial charge is 0.318 e. The van der Waals surface area contributed by atoms with E-state index < -0.39 is 38.2 Å². The number of sulfone groups is 1. The van der Waals surface area contributed by atoms with Crippen LogP contribution in [0.1, 0.15) is 0 Å². The summed E-state index contributed by atoms with van der Waals surface area (Å²) in [5.74, 6) is -3.11. The van der Waals surface area contributed by atoms with Crippen LogP contribution in [0.3, 0.4) is 0 Å². The van der Waals surface area contributed by atoms with E-state index in [0.717, 1.165) is 12.1 Å². The first-order valence-corrected chi connectivity index (χ1v) is 6.05. The number of hydrogen-bond donors (Lipinski definition) is 2. The van der Waals surface area contributed by atoms with E-state index in [4.69, 9.17) is 0 Å². The Bertz CT molecular complexity index is 556. The number of imide groups is 1. The van der Waals surface area contributed by atoms with Gasteiger partial charge in [0.15, 0.2) is 9.84 Å². The number of carbonyl (C=O) groups is 2. The Morgan fingerprint density at radius 2 is 1.88 bits per heavy atom. The molecule has 1 aromatic rings. The molecule has 0 atom stereocenters. The summed E-state index contributed by atoms with van der Waals surface area (Å²) in [4.78, 5) is 20.8. The van der Waals surface area contributed by atoms with Crippen molar-refractivity contribution >= 4 is 21.8 Å². The van der Waals surface area contributed by atoms with Gasteiger partial charge in [-0.15, -0.1) is 0 Å². The number of hydrogen-bond acceptors (Lipinski definition) is 4. The van der Waals surface area contributed by atoms with E-state index in [1.54, 1.807) is 5.32 Å². The highest BCUT2D eigenvalue weighted by Gasteiger charge is 2.22. The molecule has 0 aliphatic carbocycles. The Morgan fingerprint density at radius 1 is 1.29 bits per heavy atom. The number of carbonyl (C=O) groups excluding carboxylic acids is 2. The van der Waals surface area contributed by atoms with Gasteiger partial charge < -0.3 is 5.73 Å². The number of benzene rings is 1. The quantitative estimate of drug-likeness (QED) is 0.784. The molecule has 0 aromatic heterocycles. The maximum absolute atomic E-state index is 13.2. The Morgan fingerprint density at radius 3 is 2.41 bits per heavy atom. The van der Waals surface area contributed by atoms with Crippen LogP contribution in [0.15, 0.2) is 29.2 Å².